The molecule has 0 spiro atoms. The first-order valence-corrected chi connectivity index (χ1v) is 5.07. The highest BCUT2D eigenvalue weighted by Gasteiger charge is 2.21. The van der Waals surface area contributed by atoms with Gasteiger partial charge in [-0.2, -0.15) is 0 Å². The zero-order valence-electron chi connectivity index (χ0n) is 9.60. The Balaban J connectivity index is 2.53. The normalized spacial score (nSPS) is 10.0. The molecule has 2 rings (SSSR count). The maximum absolute atomic E-state index is 12.2. The first kappa shape index (κ1) is 11.3. The van der Waals surface area contributed by atoms with Gasteiger partial charge in [-0.15, -0.1) is 0 Å². The predicted molar refractivity (Wildman–Crippen MR) is 61.7 cm³/mol. The summed E-state index contributed by atoms with van der Waals surface area (Å²) in [5, 5.41) is 0. The highest BCUT2D eigenvalue weighted by molar-refractivity contribution is 6.10. The molecule has 0 aliphatic heterocycles. The number of methoxy groups -OCH3 is 2. The average Bonchev–Trinajstić information content (AvgIpc) is 2.90. The van der Waals surface area contributed by atoms with E-state index in [-0.39, 0.29) is 11.5 Å². The number of carbonyl (C=O) groups excluding carboxylic acids is 1. The topological polar surface area (TPSA) is 48.7 Å². The van der Waals surface area contributed by atoms with Crippen LogP contribution in [0.2, 0.25) is 0 Å². The van der Waals surface area contributed by atoms with Gasteiger partial charge in [-0.1, -0.05) is 6.07 Å². The monoisotopic (exact) mass is 232 g/mol. The van der Waals surface area contributed by atoms with Crippen molar-refractivity contribution in [3.8, 4) is 11.5 Å². The molecule has 2 aromatic rings. The third kappa shape index (κ3) is 2.01. The largest absolute Gasteiger partial charge is 0.496 e. The van der Waals surface area contributed by atoms with Crippen LogP contribution in [-0.2, 0) is 0 Å². The Morgan fingerprint density at radius 2 is 1.71 bits per heavy atom. The van der Waals surface area contributed by atoms with Gasteiger partial charge in [-0.3, -0.25) is 4.79 Å². The van der Waals surface area contributed by atoms with Crippen molar-refractivity contribution in [3.63, 3.8) is 0 Å². The highest BCUT2D eigenvalue weighted by Crippen LogP contribution is 2.30. The van der Waals surface area contributed by atoms with Gasteiger partial charge in [0.1, 0.15) is 17.1 Å². The molecule has 1 aromatic heterocycles. The van der Waals surface area contributed by atoms with Gasteiger partial charge in [-0.05, 0) is 24.3 Å². The fourth-order valence-corrected chi connectivity index (χ4v) is 1.61. The van der Waals surface area contributed by atoms with Crippen LogP contribution in [0.4, 0.5) is 0 Å². The average molecular weight is 232 g/mol. The van der Waals surface area contributed by atoms with Crippen molar-refractivity contribution in [2.24, 2.45) is 0 Å². The molecule has 0 saturated carbocycles. The van der Waals surface area contributed by atoms with E-state index >= 15 is 0 Å². The summed E-state index contributed by atoms with van der Waals surface area (Å²) in [5.74, 6) is 0.925. The summed E-state index contributed by atoms with van der Waals surface area (Å²) in [5.41, 5.74) is 0.368. The summed E-state index contributed by atoms with van der Waals surface area (Å²) in [6, 6.07) is 8.44. The predicted octanol–water partition coefficient (Wildman–Crippen LogP) is 2.53. The van der Waals surface area contributed by atoms with Crippen molar-refractivity contribution in [2.75, 3.05) is 14.2 Å². The molecule has 4 nitrogen and oxygen atoms in total. The lowest BCUT2D eigenvalue weighted by Gasteiger charge is -2.10. The van der Waals surface area contributed by atoms with Gasteiger partial charge in [0.25, 0.3) is 0 Å². The summed E-state index contributed by atoms with van der Waals surface area (Å²) in [4.78, 5) is 12.2. The molecular formula is C13H12O4. The number of hydrogen-bond acceptors (Lipinski definition) is 4. The SMILES string of the molecule is COc1cccc(OC)c1C(=O)c1ccco1. The van der Waals surface area contributed by atoms with Crippen LogP contribution in [0.1, 0.15) is 16.1 Å². The zero-order valence-corrected chi connectivity index (χ0v) is 9.60. The van der Waals surface area contributed by atoms with Crippen LogP contribution in [0.25, 0.3) is 0 Å². The van der Waals surface area contributed by atoms with E-state index in [0.717, 1.165) is 0 Å². The van der Waals surface area contributed by atoms with Gasteiger partial charge in [-0.25, -0.2) is 0 Å². The van der Waals surface area contributed by atoms with E-state index in [2.05, 4.69) is 0 Å². The van der Waals surface area contributed by atoms with E-state index in [4.69, 9.17) is 13.9 Å². The lowest BCUT2D eigenvalue weighted by Crippen LogP contribution is -2.05. The molecule has 0 amide bonds. The summed E-state index contributed by atoms with van der Waals surface area (Å²) in [6.45, 7) is 0. The van der Waals surface area contributed by atoms with Crippen LogP contribution in [0, 0.1) is 0 Å². The quantitative estimate of drug-likeness (QED) is 0.760. The van der Waals surface area contributed by atoms with Gasteiger partial charge in [0, 0.05) is 0 Å². The number of furan rings is 1. The number of hydrogen-bond donors (Lipinski definition) is 0. The molecule has 0 bridgehead atoms. The number of rotatable bonds is 4. The number of ketones is 1. The van der Waals surface area contributed by atoms with Crippen LogP contribution in [0.15, 0.2) is 41.0 Å². The summed E-state index contributed by atoms with van der Waals surface area (Å²) in [6.07, 6.45) is 1.45. The van der Waals surface area contributed by atoms with Crippen molar-refractivity contribution in [1.82, 2.24) is 0 Å². The van der Waals surface area contributed by atoms with Crippen molar-refractivity contribution >= 4 is 5.78 Å². The van der Waals surface area contributed by atoms with Gasteiger partial charge in [0.05, 0.1) is 20.5 Å². The Kier molecular flexibility index (Phi) is 3.14. The molecule has 17 heavy (non-hydrogen) atoms. The molecule has 0 unspecified atom stereocenters. The van der Waals surface area contributed by atoms with Crippen molar-refractivity contribution < 1.29 is 18.7 Å². The van der Waals surface area contributed by atoms with E-state index in [0.29, 0.717) is 17.1 Å². The van der Waals surface area contributed by atoms with Gasteiger partial charge in [0.15, 0.2) is 5.76 Å². The molecule has 1 aromatic carbocycles. The standard InChI is InChI=1S/C13H12O4/c1-15-9-5-3-6-10(16-2)12(9)13(14)11-7-4-8-17-11/h3-8H,1-2H3. The first-order chi connectivity index (χ1) is 8.27. The van der Waals surface area contributed by atoms with Crippen LogP contribution in [0.5, 0.6) is 11.5 Å². The molecule has 0 saturated heterocycles. The second-order valence-electron chi connectivity index (χ2n) is 3.34. The molecule has 88 valence electrons. The van der Waals surface area contributed by atoms with Crippen molar-refractivity contribution in [1.29, 1.82) is 0 Å². The maximum Gasteiger partial charge on any atom is 0.235 e. The third-order valence-electron chi connectivity index (χ3n) is 2.40. The Labute approximate surface area is 98.8 Å². The minimum absolute atomic E-state index is 0.257. The zero-order chi connectivity index (χ0) is 12.3. The Morgan fingerprint density at radius 3 is 2.18 bits per heavy atom. The molecule has 0 atom stereocenters. The maximum atomic E-state index is 12.2. The molecule has 0 fully saturated rings. The van der Waals surface area contributed by atoms with Gasteiger partial charge >= 0.3 is 0 Å². The van der Waals surface area contributed by atoms with E-state index in [1.165, 1.54) is 20.5 Å². The van der Waals surface area contributed by atoms with Crippen LogP contribution in [0.3, 0.4) is 0 Å². The van der Waals surface area contributed by atoms with E-state index in [1.54, 1.807) is 30.3 Å². The molecule has 4 heteroatoms. The second kappa shape index (κ2) is 4.74. The summed E-state index contributed by atoms with van der Waals surface area (Å²) in [7, 11) is 3.02. The van der Waals surface area contributed by atoms with Crippen LogP contribution >= 0.6 is 0 Å². The number of benzene rings is 1. The fraction of sp³-hybridized carbons (Fsp3) is 0.154. The van der Waals surface area contributed by atoms with Crippen LogP contribution in [-0.4, -0.2) is 20.0 Å². The molecule has 0 radical (unpaired) electrons. The lowest BCUT2D eigenvalue weighted by atomic mass is 10.1. The smallest absolute Gasteiger partial charge is 0.235 e. The molecule has 0 aliphatic rings. The van der Waals surface area contributed by atoms with E-state index < -0.39 is 0 Å². The Hall–Kier alpha value is -2.23. The molecule has 0 N–H and O–H groups in total. The Morgan fingerprint density at radius 1 is 1.06 bits per heavy atom. The molecule has 0 aliphatic carbocycles. The second-order valence-corrected chi connectivity index (χ2v) is 3.34. The Bertz CT molecular complexity index is 492. The number of carbonyl (C=O) groups is 1. The van der Waals surface area contributed by atoms with Crippen molar-refractivity contribution in [2.45, 2.75) is 0 Å². The van der Waals surface area contributed by atoms with Gasteiger partial charge < -0.3 is 13.9 Å². The van der Waals surface area contributed by atoms with E-state index in [9.17, 15) is 4.79 Å². The third-order valence-corrected chi connectivity index (χ3v) is 2.40. The highest BCUT2D eigenvalue weighted by atomic mass is 16.5. The minimum Gasteiger partial charge on any atom is -0.496 e. The van der Waals surface area contributed by atoms with E-state index in [1.807, 2.05) is 0 Å². The molecular weight excluding hydrogens is 220 g/mol. The van der Waals surface area contributed by atoms with Gasteiger partial charge in [0.2, 0.25) is 5.78 Å². The first-order valence-electron chi connectivity index (χ1n) is 5.07. The summed E-state index contributed by atoms with van der Waals surface area (Å²) >= 11 is 0. The number of ether oxygens (including phenoxy) is 2. The minimum atomic E-state index is -0.260. The fourth-order valence-electron chi connectivity index (χ4n) is 1.61. The van der Waals surface area contributed by atoms with Crippen molar-refractivity contribution in [3.05, 3.63) is 47.9 Å². The summed E-state index contributed by atoms with van der Waals surface area (Å²) < 4.78 is 15.4. The van der Waals surface area contributed by atoms with Crippen LogP contribution < -0.4 is 9.47 Å². The lowest BCUT2D eigenvalue weighted by molar-refractivity contribution is 0.100. The molecule has 1 heterocycles.